The van der Waals surface area contributed by atoms with Crippen molar-refractivity contribution in [2.24, 2.45) is 0 Å². The van der Waals surface area contributed by atoms with E-state index in [-0.39, 0.29) is 4.91 Å². The zero-order valence-electron chi connectivity index (χ0n) is 9.50. The first kappa shape index (κ1) is 14.1. The van der Waals surface area contributed by atoms with Crippen molar-refractivity contribution in [1.82, 2.24) is 4.90 Å². The molecular weight excluding hydrogens is 381 g/mol. The van der Waals surface area contributed by atoms with Crippen LogP contribution in [0.15, 0.2) is 29.2 Å². The first-order chi connectivity index (χ1) is 8.97. The van der Waals surface area contributed by atoms with E-state index < -0.39 is 23.7 Å². The lowest BCUT2D eigenvalue weighted by Gasteiger charge is -2.07. The van der Waals surface area contributed by atoms with Gasteiger partial charge in [0.1, 0.15) is 6.54 Å². The lowest BCUT2D eigenvalue weighted by atomic mass is 10.2. The Hall–Kier alpha value is -1.35. The quantitative estimate of drug-likeness (QED) is 0.635. The highest BCUT2D eigenvalue weighted by Gasteiger charge is 2.36. The van der Waals surface area contributed by atoms with Crippen molar-refractivity contribution in [3.63, 3.8) is 0 Å². The molecule has 2 rings (SSSR count). The molecule has 0 spiro atoms. The number of carbonyl (C=O) groups excluding carboxylic acids is 2. The Balaban J connectivity index is 2.23. The second-order valence-electron chi connectivity index (χ2n) is 3.71. The molecule has 0 saturated carbocycles. The van der Waals surface area contributed by atoms with Gasteiger partial charge in [-0.25, -0.2) is 0 Å². The molecule has 1 aromatic rings. The average Bonchev–Trinajstić information content (AvgIpc) is 2.60. The van der Waals surface area contributed by atoms with E-state index in [0.29, 0.717) is 0 Å². The first-order valence-corrected chi connectivity index (χ1v) is 7.09. The number of amides is 2. The summed E-state index contributed by atoms with van der Waals surface area (Å²) in [5.74, 6) is -1.77. The summed E-state index contributed by atoms with van der Waals surface area (Å²) >= 11 is 2.92. The summed E-state index contributed by atoms with van der Waals surface area (Å²) < 4.78 is 1.06. The minimum absolute atomic E-state index is 0.243. The van der Waals surface area contributed by atoms with Crippen molar-refractivity contribution in [1.29, 1.82) is 0 Å². The van der Waals surface area contributed by atoms with Gasteiger partial charge in [0.25, 0.3) is 11.1 Å². The van der Waals surface area contributed by atoms with E-state index in [0.717, 1.165) is 25.8 Å². The molecule has 1 aliphatic heterocycles. The first-order valence-electron chi connectivity index (χ1n) is 5.20. The average molecular weight is 389 g/mol. The summed E-state index contributed by atoms with van der Waals surface area (Å²) in [4.78, 5) is 35.0. The Morgan fingerprint density at radius 1 is 1.32 bits per heavy atom. The zero-order valence-corrected chi connectivity index (χ0v) is 12.5. The van der Waals surface area contributed by atoms with E-state index in [9.17, 15) is 14.4 Å². The van der Waals surface area contributed by atoms with Crippen LogP contribution in [0.25, 0.3) is 6.08 Å². The van der Waals surface area contributed by atoms with Gasteiger partial charge in [-0.3, -0.25) is 19.3 Å². The fourth-order valence-corrected chi connectivity index (χ4v) is 2.68. The number of thioether (sulfide) groups is 1. The SMILES string of the molecule is O=C(O)CN1C(=O)SC(=Cc2ccc(I)cc2)C1=O. The normalized spacial score (nSPS) is 17.3. The summed E-state index contributed by atoms with van der Waals surface area (Å²) in [6, 6.07) is 7.42. The van der Waals surface area contributed by atoms with Gasteiger partial charge in [0.05, 0.1) is 4.91 Å². The van der Waals surface area contributed by atoms with Crippen LogP contribution in [-0.2, 0) is 9.59 Å². The van der Waals surface area contributed by atoms with Crippen LogP contribution in [0.3, 0.4) is 0 Å². The summed E-state index contributed by atoms with van der Waals surface area (Å²) in [5.41, 5.74) is 0.793. The smallest absolute Gasteiger partial charge is 0.323 e. The monoisotopic (exact) mass is 389 g/mol. The van der Waals surface area contributed by atoms with Crippen LogP contribution < -0.4 is 0 Å². The van der Waals surface area contributed by atoms with Crippen LogP contribution in [0.5, 0.6) is 0 Å². The highest BCUT2D eigenvalue weighted by molar-refractivity contribution is 14.1. The molecule has 0 unspecified atom stereocenters. The van der Waals surface area contributed by atoms with E-state index >= 15 is 0 Å². The number of halogens is 1. The maximum absolute atomic E-state index is 11.9. The molecule has 5 nitrogen and oxygen atoms in total. The number of rotatable bonds is 3. The minimum Gasteiger partial charge on any atom is -0.480 e. The van der Waals surface area contributed by atoms with E-state index in [1.807, 2.05) is 24.3 Å². The molecule has 1 heterocycles. The van der Waals surface area contributed by atoms with Crippen LogP contribution in [-0.4, -0.2) is 33.7 Å². The van der Waals surface area contributed by atoms with E-state index in [1.165, 1.54) is 0 Å². The van der Waals surface area contributed by atoms with Crippen LogP contribution in [0.2, 0.25) is 0 Å². The van der Waals surface area contributed by atoms with Crippen molar-refractivity contribution < 1.29 is 19.5 Å². The number of benzene rings is 1. The van der Waals surface area contributed by atoms with Crippen LogP contribution in [0.1, 0.15) is 5.56 Å². The molecule has 0 radical (unpaired) electrons. The van der Waals surface area contributed by atoms with E-state index in [1.54, 1.807) is 6.08 Å². The molecule has 0 bridgehead atoms. The molecule has 1 saturated heterocycles. The molecule has 1 N–H and O–H groups in total. The fourth-order valence-electron chi connectivity index (χ4n) is 1.48. The molecule has 19 heavy (non-hydrogen) atoms. The third-order valence-corrected chi connectivity index (χ3v) is 3.96. The Morgan fingerprint density at radius 2 is 1.95 bits per heavy atom. The molecule has 7 heteroatoms. The van der Waals surface area contributed by atoms with Gasteiger partial charge in [0.2, 0.25) is 0 Å². The Kier molecular flexibility index (Phi) is 4.25. The topological polar surface area (TPSA) is 74.7 Å². The number of carboxylic acid groups (broad SMARTS) is 1. The molecule has 1 aliphatic rings. The largest absolute Gasteiger partial charge is 0.480 e. The van der Waals surface area contributed by atoms with E-state index in [4.69, 9.17) is 5.11 Å². The van der Waals surface area contributed by atoms with Crippen molar-refractivity contribution >= 4 is 57.5 Å². The lowest BCUT2D eigenvalue weighted by molar-refractivity contribution is -0.140. The predicted octanol–water partition coefficient (Wildman–Crippen LogP) is 2.41. The maximum Gasteiger partial charge on any atom is 0.323 e. The molecule has 98 valence electrons. The number of aliphatic carboxylic acids is 1. The molecule has 1 fully saturated rings. The number of carboxylic acids is 1. The van der Waals surface area contributed by atoms with Crippen molar-refractivity contribution in [3.05, 3.63) is 38.3 Å². The summed E-state index contributed by atoms with van der Waals surface area (Å²) in [6.07, 6.45) is 1.59. The second-order valence-corrected chi connectivity index (χ2v) is 5.95. The highest BCUT2D eigenvalue weighted by atomic mass is 127. The Morgan fingerprint density at radius 3 is 2.53 bits per heavy atom. The molecule has 0 aliphatic carbocycles. The zero-order chi connectivity index (χ0) is 14.0. The van der Waals surface area contributed by atoms with E-state index in [2.05, 4.69) is 22.6 Å². The highest BCUT2D eigenvalue weighted by Crippen LogP contribution is 2.31. The Labute approximate surface area is 126 Å². The molecule has 0 aromatic heterocycles. The molecule has 1 aromatic carbocycles. The predicted molar refractivity (Wildman–Crippen MR) is 79.5 cm³/mol. The molecule has 2 amide bonds. The molecule has 0 atom stereocenters. The molecular formula is C12H8INO4S. The van der Waals surface area contributed by atoms with Gasteiger partial charge < -0.3 is 5.11 Å². The minimum atomic E-state index is -1.21. The lowest BCUT2D eigenvalue weighted by Crippen LogP contribution is -2.33. The van der Waals surface area contributed by atoms with Crippen LogP contribution in [0, 0.1) is 3.57 Å². The van der Waals surface area contributed by atoms with Crippen LogP contribution >= 0.6 is 34.4 Å². The van der Waals surface area contributed by atoms with Gasteiger partial charge in [-0.15, -0.1) is 0 Å². The van der Waals surface area contributed by atoms with Crippen molar-refractivity contribution in [2.75, 3.05) is 6.54 Å². The fraction of sp³-hybridized carbons (Fsp3) is 0.0833. The van der Waals surface area contributed by atoms with Gasteiger partial charge in [0.15, 0.2) is 0 Å². The Bertz CT molecular complexity index is 582. The second kappa shape index (κ2) is 5.74. The van der Waals surface area contributed by atoms with Gasteiger partial charge in [-0.1, -0.05) is 12.1 Å². The van der Waals surface area contributed by atoms with Crippen molar-refractivity contribution in [2.45, 2.75) is 0 Å². The standard InChI is InChI=1S/C12H8INO4S/c13-8-3-1-7(2-4-8)5-9-11(17)14(6-10(15)16)12(18)19-9/h1-5H,6H2,(H,15,16). The third-order valence-electron chi connectivity index (χ3n) is 2.33. The number of imide groups is 1. The summed E-state index contributed by atoms with van der Waals surface area (Å²) in [7, 11) is 0. The van der Waals surface area contributed by atoms with Gasteiger partial charge in [-0.2, -0.15) is 0 Å². The van der Waals surface area contributed by atoms with Gasteiger partial charge in [0, 0.05) is 3.57 Å². The maximum atomic E-state index is 11.9. The number of nitrogens with zero attached hydrogens (tertiary/aromatic N) is 1. The van der Waals surface area contributed by atoms with Crippen LogP contribution in [0.4, 0.5) is 4.79 Å². The summed E-state index contributed by atoms with van der Waals surface area (Å²) in [5, 5.41) is 8.09. The number of hydrogen-bond acceptors (Lipinski definition) is 4. The number of hydrogen-bond donors (Lipinski definition) is 1. The summed E-state index contributed by atoms with van der Waals surface area (Å²) in [6.45, 7) is -0.602. The van der Waals surface area contributed by atoms with Gasteiger partial charge in [-0.05, 0) is 58.1 Å². The number of carbonyl (C=O) groups is 3. The third kappa shape index (κ3) is 3.35. The van der Waals surface area contributed by atoms with Crippen molar-refractivity contribution in [3.8, 4) is 0 Å². The van der Waals surface area contributed by atoms with Gasteiger partial charge >= 0.3 is 5.97 Å².